The number of nitrogens with zero attached hydrogens (tertiary/aromatic N) is 1. The Morgan fingerprint density at radius 1 is 1.30 bits per heavy atom. The van der Waals surface area contributed by atoms with Gasteiger partial charge in [0, 0.05) is 28.8 Å². The SMILES string of the molecule is COc1cc(NCc2cccc(Br)c2)ccc1[N+](=O)[O-]. The van der Waals surface area contributed by atoms with Crippen LogP contribution in [0.3, 0.4) is 0 Å². The number of anilines is 1. The maximum Gasteiger partial charge on any atom is 0.311 e. The molecule has 0 radical (unpaired) electrons. The number of nitrogens with one attached hydrogen (secondary N) is 1. The smallest absolute Gasteiger partial charge is 0.311 e. The molecular weight excluding hydrogens is 324 g/mol. The van der Waals surface area contributed by atoms with Crippen molar-refractivity contribution >= 4 is 27.3 Å². The summed E-state index contributed by atoms with van der Waals surface area (Å²) in [6.45, 7) is 0.625. The van der Waals surface area contributed by atoms with Gasteiger partial charge in [-0.2, -0.15) is 0 Å². The van der Waals surface area contributed by atoms with Gasteiger partial charge in [0.1, 0.15) is 0 Å². The highest BCUT2D eigenvalue weighted by molar-refractivity contribution is 9.10. The monoisotopic (exact) mass is 336 g/mol. The molecular formula is C14H13BrN2O3. The van der Waals surface area contributed by atoms with Crippen molar-refractivity contribution in [3.8, 4) is 5.75 Å². The van der Waals surface area contributed by atoms with Crippen LogP contribution in [0.2, 0.25) is 0 Å². The fourth-order valence-corrected chi connectivity index (χ4v) is 2.24. The summed E-state index contributed by atoms with van der Waals surface area (Å²) in [5, 5.41) is 14.0. The molecule has 0 atom stereocenters. The Morgan fingerprint density at radius 3 is 2.75 bits per heavy atom. The minimum absolute atomic E-state index is 0.0412. The molecule has 2 rings (SSSR count). The van der Waals surface area contributed by atoms with E-state index in [0.29, 0.717) is 6.54 Å². The van der Waals surface area contributed by atoms with Crippen LogP contribution in [-0.2, 0) is 6.54 Å². The van der Waals surface area contributed by atoms with Gasteiger partial charge in [0.25, 0.3) is 0 Å². The predicted octanol–water partition coefficient (Wildman–Crippen LogP) is 3.98. The largest absolute Gasteiger partial charge is 0.490 e. The second kappa shape index (κ2) is 6.38. The lowest BCUT2D eigenvalue weighted by atomic mass is 10.2. The van der Waals surface area contributed by atoms with Gasteiger partial charge in [0.2, 0.25) is 0 Å². The first kappa shape index (κ1) is 14.3. The third kappa shape index (κ3) is 3.48. The number of hydrogen-bond acceptors (Lipinski definition) is 4. The van der Waals surface area contributed by atoms with Gasteiger partial charge in [-0.1, -0.05) is 28.1 Å². The lowest BCUT2D eigenvalue weighted by molar-refractivity contribution is -0.385. The lowest BCUT2D eigenvalue weighted by Gasteiger charge is -2.09. The lowest BCUT2D eigenvalue weighted by Crippen LogP contribution is -2.00. The van der Waals surface area contributed by atoms with E-state index in [1.165, 1.54) is 13.2 Å². The van der Waals surface area contributed by atoms with Crippen LogP contribution in [0.25, 0.3) is 0 Å². The van der Waals surface area contributed by atoms with E-state index in [9.17, 15) is 10.1 Å². The summed E-state index contributed by atoms with van der Waals surface area (Å²) in [7, 11) is 1.42. The summed E-state index contributed by atoms with van der Waals surface area (Å²) in [6.07, 6.45) is 0. The topological polar surface area (TPSA) is 64.4 Å². The molecule has 0 unspecified atom stereocenters. The van der Waals surface area contributed by atoms with Gasteiger partial charge in [-0.25, -0.2) is 0 Å². The zero-order valence-electron chi connectivity index (χ0n) is 10.8. The molecule has 2 aromatic rings. The normalized spacial score (nSPS) is 10.1. The molecule has 0 heterocycles. The van der Waals surface area contributed by atoms with Crippen molar-refractivity contribution in [3.63, 3.8) is 0 Å². The first-order valence-electron chi connectivity index (χ1n) is 5.91. The maximum atomic E-state index is 10.8. The van der Waals surface area contributed by atoms with E-state index < -0.39 is 4.92 Å². The zero-order chi connectivity index (χ0) is 14.5. The van der Waals surface area contributed by atoms with Gasteiger partial charge in [-0.3, -0.25) is 10.1 Å². The molecule has 0 fully saturated rings. The van der Waals surface area contributed by atoms with E-state index in [4.69, 9.17) is 4.74 Å². The highest BCUT2D eigenvalue weighted by Gasteiger charge is 2.14. The van der Waals surface area contributed by atoms with Crippen molar-refractivity contribution in [1.29, 1.82) is 0 Å². The van der Waals surface area contributed by atoms with E-state index in [2.05, 4.69) is 21.2 Å². The third-order valence-electron chi connectivity index (χ3n) is 2.76. The summed E-state index contributed by atoms with van der Waals surface area (Å²) in [6, 6.07) is 12.6. The number of hydrogen-bond donors (Lipinski definition) is 1. The molecule has 0 saturated heterocycles. The molecule has 0 spiro atoms. The maximum absolute atomic E-state index is 10.8. The zero-order valence-corrected chi connectivity index (χ0v) is 12.4. The second-order valence-electron chi connectivity index (χ2n) is 4.13. The van der Waals surface area contributed by atoms with Crippen molar-refractivity contribution in [1.82, 2.24) is 0 Å². The molecule has 0 aliphatic heterocycles. The first-order chi connectivity index (χ1) is 9.60. The minimum Gasteiger partial charge on any atom is -0.490 e. The van der Waals surface area contributed by atoms with Crippen LogP contribution in [0.5, 0.6) is 5.75 Å². The van der Waals surface area contributed by atoms with Crippen molar-refractivity contribution in [2.24, 2.45) is 0 Å². The molecule has 2 aromatic carbocycles. The summed E-state index contributed by atoms with van der Waals surface area (Å²) in [5.41, 5.74) is 1.84. The second-order valence-corrected chi connectivity index (χ2v) is 5.04. The third-order valence-corrected chi connectivity index (χ3v) is 3.26. The highest BCUT2D eigenvalue weighted by atomic mass is 79.9. The average Bonchev–Trinajstić information content (AvgIpc) is 2.44. The highest BCUT2D eigenvalue weighted by Crippen LogP contribution is 2.29. The molecule has 20 heavy (non-hydrogen) atoms. The van der Waals surface area contributed by atoms with Gasteiger partial charge in [-0.05, 0) is 23.8 Å². The average molecular weight is 337 g/mol. The van der Waals surface area contributed by atoms with Crippen molar-refractivity contribution in [3.05, 3.63) is 62.6 Å². The van der Waals surface area contributed by atoms with Gasteiger partial charge in [0.05, 0.1) is 12.0 Å². The Balaban J connectivity index is 2.12. The van der Waals surface area contributed by atoms with E-state index >= 15 is 0 Å². The van der Waals surface area contributed by atoms with Crippen molar-refractivity contribution < 1.29 is 9.66 Å². The van der Waals surface area contributed by atoms with Crippen LogP contribution < -0.4 is 10.1 Å². The Labute approximate surface area is 124 Å². The van der Waals surface area contributed by atoms with Crippen LogP contribution >= 0.6 is 15.9 Å². The number of nitro benzene ring substituents is 1. The number of nitro groups is 1. The predicted molar refractivity (Wildman–Crippen MR) is 81.1 cm³/mol. The van der Waals surface area contributed by atoms with Crippen LogP contribution in [0.15, 0.2) is 46.9 Å². The van der Waals surface area contributed by atoms with Gasteiger partial charge < -0.3 is 10.1 Å². The number of methoxy groups -OCH3 is 1. The van der Waals surface area contributed by atoms with Gasteiger partial charge >= 0.3 is 5.69 Å². The molecule has 0 saturated carbocycles. The van der Waals surface area contributed by atoms with Crippen LogP contribution in [0.1, 0.15) is 5.56 Å². The van der Waals surface area contributed by atoms with Crippen LogP contribution in [-0.4, -0.2) is 12.0 Å². The number of halogens is 1. The summed E-state index contributed by atoms with van der Waals surface area (Å²) < 4.78 is 6.04. The number of benzene rings is 2. The fraction of sp³-hybridized carbons (Fsp3) is 0.143. The number of ether oxygens (including phenoxy) is 1. The summed E-state index contributed by atoms with van der Waals surface area (Å²) in [4.78, 5) is 10.3. The first-order valence-corrected chi connectivity index (χ1v) is 6.70. The Bertz CT molecular complexity index is 632. The van der Waals surface area contributed by atoms with Crippen molar-refractivity contribution in [2.75, 3.05) is 12.4 Å². The summed E-state index contributed by atoms with van der Waals surface area (Å²) in [5.74, 6) is 0.245. The molecule has 6 heteroatoms. The minimum atomic E-state index is -0.461. The van der Waals surface area contributed by atoms with E-state index in [0.717, 1.165) is 15.7 Å². The molecule has 5 nitrogen and oxygen atoms in total. The van der Waals surface area contributed by atoms with E-state index in [1.807, 2.05) is 24.3 Å². The van der Waals surface area contributed by atoms with Crippen LogP contribution in [0.4, 0.5) is 11.4 Å². The molecule has 0 aliphatic rings. The standard InChI is InChI=1S/C14H13BrN2O3/c1-20-14-8-12(5-6-13(14)17(18)19)16-9-10-3-2-4-11(15)7-10/h2-8,16H,9H2,1H3. The number of rotatable bonds is 5. The molecule has 0 aromatic heterocycles. The van der Waals surface area contributed by atoms with E-state index in [1.54, 1.807) is 12.1 Å². The summed E-state index contributed by atoms with van der Waals surface area (Å²) >= 11 is 3.41. The fourth-order valence-electron chi connectivity index (χ4n) is 1.79. The molecule has 0 aliphatic carbocycles. The molecule has 1 N–H and O–H groups in total. The Kier molecular flexibility index (Phi) is 4.57. The van der Waals surface area contributed by atoms with Crippen molar-refractivity contribution in [2.45, 2.75) is 6.54 Å². The van der Waals surface area contributed by atoms with Gasteiger partial charge in [-0.15, -0.1) is 0 Å². The molecule has 0 bridgehead atoms. The van der Waals surface area contributed by atoms with Gasteiger partial charge in [0.15, 0.2) is 5.75 Å². The quantitative estimate of drug-likeness (QED) is 0.662. The Morgan fingerprint density at radius 2 is 2.10 bits per heavy atom. The Hall–Kier alpha value is -2.08. The van der Waals surface area contributed by atoms with Crippen LogP contribution in [0, 0.1) is 10.1 Å². The van der Waals surface area contributed by atoms with E-state index in [-0.39, 0.29) is 11.4 Å². The molecule has 104 valence electrons. The molecule has 0 amide bonds.